The number of nitrogens with zero attached hydrogens (tertiary/aromatic N) is 2. The number of nitro benzene ring substituents is 1. The zero-order valence-electron chi connectivity index (χ0n) is 14.1. The Labute approximate surface area is 159 Å². The third-order valence-electron chi connectivity index (χ3n) is 4.34. The van der Waals surface area contributed by atoms with Crippen LogP contribution in [0.5, 0.6) is 0 Å². The maximum Gasteiger partial charge on any atom is 0.335 e. The minimum atomic E-state index is -1.16. The highest BCUT2D eigenvalue weighted by molar-refractivity contribution is 6.34. The van der Waals surface area contributed by atoms with Gasteiger partial charge >= 0.3 is 5.97 Å². The van der Waals surface area contributed by atoms with Gasteiger partial charge in [0, 0.05) is 25.2 Å². The van der Waals surface area contributed by atoms with E-state index in [4.69, 9.17) is 16.7 Å². The second kappa shape index (κ2) is 7.63. The van der Waals surface area contributed by atoms with E-state index in [2.05, 4.69) is 5.32 Å². The van der Waals surface area contributed by atoms with Crippen molar-refractivity contribution in [2.75, 3.05) is 23.3 Å². The van der Waals surface area contributed by atoms with Crippen molar-refractivity contribution in [3.05, 3.63) is 62.7 Å². The third kappa shape index (κ3) is 4.01. The lowest BCUT2D eigenvalue weighted by atomic mass is 10.1. The molecule has 0 radical (unpaired) electrons. The van der Waals surface area contributed by atoms with Crippen molar-refractivity contribution in [2.24, 2.45) is 0 Å². The van der Waals surface area contributed by atoms with Gasteiger partial charge in [0.1, 0.15) is 0 Å². The smallest absolute Gasteiger partial charge is 0.335 e. The molecule has 8 nitrogen and oxygen atoms in total. The normalized spacial score (nSPS) is 13.4. The van der Waals surface area contributed by atoms with Crippen LogP contribution in [0, 0.1) is 10.1 Å². The van der Waals surface area contributed by atoms with E-state index >= 15 is 0 Å². The molecule has 1 amide bonds. The summed E-state index contributed by atoms with van der Waals surface area (Å²) < 4.78 is 0. The number of carbonyl (C=O) groups excluding carboxylic acids is 1. The number of carboxylic acid groups (broad SMARTS) is 1. The van der Waals surface area contributed by atoms with Gasteiger partial charge in [-0.3, -0.25) is 14.9 Å². The molecule has 3 rings (SSSR count). The lowest BCUT2D eigenvalue weighted by Crippen LogP contribution is -2.23. The lowest BCUT2D eigenvalue weighted by Gasteiger charge is -2.21. The minimum Gasteiger partial charge on any atom is -0.478 e. The number of aromatic carboxylic acids is 1. The molecule has 9 heteroatoms. The Morgan fingerprint density at radius 3 is 2.48 bits per heavy atom. The van der Waals surface area contributed by atoms with Gasteiger partial charge in [-0.25, -0.2) is 4.79 Å². The number of hydrogen-bond acceptors (Lipinski definition) is 5. The van der Waals surface area contributed by atoms with Crippen LogP contribution in [0.4, 0.5) is 17.1 Å². The maximum atomic E-state index is 12.8. The lowest BCUT2D eigenvalue weighted by molar-refractivity contribution is -0.384. The number of amides is 1. The first-order valence-corrected chi connectivity index (χ1v) is 8.62. The fourth-order valence-corrected chi connectivity index (χ4v) is 3.16. The molecule has 27 heavy (non-hydrogen) atoms. The topological polar surface area (TPSA) is 113 Å². The summed E-state index contributed by atoms with van der Waals surface area (Å²) in [5.74, 6) is -1.75. The van der Waals surface area contributed by atoms with E-state index < -0.39 is 16.8 Å². The number of halogens is 1. The number of carbonyl (C=O) groups is 2. The molecule has 0 spiro atoms. The molecule has 1 heterocycles. The number of non-ortho nitro benzene ring substituents is 1. The Morgan fingerprint density at radius 2 is 1.85 bits per heavy atom. The highest BCUT2D eigenvalue weighted by Gasteiger charge is 2.23. The standard InChI is InChI=1S/C18H16ClN3O5/c19-14-5-3-11(18(24)25)9-15(14)20-17(23)13-10-12(22(26)27)4-6-16(13)21-7-1-2-8-21/h3-6,9-10H,1-2,7-8H2,(H,20,23)(H,24,25). The minimum absolute atomic E-state index is 0.0338. The molecule has 0 aliphatic carbocycles. The number of nitro groups is 1. The summed E-state index contributed by atoms with van der Waals surface area (Å²) in [4.78, 5) is 36.5. The van der Waals surface area contributed by atoms with Gasteiger partial charge in [-0.05, 0) is 37.1 Å². The molecule has 2 aromatic rings. The van der Waals surface area contributed by atoms with Gasteiger partial charge in [0.05, 0.1) is 32.4 Å². The summed E-state index contributed by atoms with van der Waals surface area (Å²) >= 11 is 6.05. The van der Waals surface area contributed by atoms with Gasteiger partial charge in [0.25, 0.3) is 11.6 Å². The summed E-state index contributed by atoms with van der Waals surface area (Å²) in [6, 6.07) is 8.09. The van der Waals surface area contributed by atoms with E-state index in [1.54, 1.807) is 6.07 Å². The zero-order valence-corrected chi connectivity index (χ0v) is 14.9. The van der Waals surface area contributed by atoms with Crippen molar-refractivity contribution < 1.29 is 19.6 Å². The summed E-state index contributed by atoms with van der Waals surface area (Å²) in [5, 5.41) is 22.9. The van der Waals surface area contributed by atoms with Gasteiger partial charge in [0.15, 0.2) is 0 Å². The first kappa shape index (κ1) is 18.7. The van der Waals surface area contributed by atoms with E-state index in [1.807, 2.05) is 4.90 Å². The first-order chi connectivity index (χ1) is 12.9. The quantitative estimate of drug-likeness (QED) is 0.594. The van der Waals surface area contributed by atoms with Crippen LogP contribution in [0.1, 0.15) is 33.6 Å². The molecule has 0 aromatic heterocycles. The number of benzene rings is 2. The average Bonchev–Trinajstić information content (AvgIpc) is 3.17. The zero-order chi connectivity index (χ0) is 19.6. The van der Waals surface area contributed by atoms with E-state index in [0.717, 1.165) is 25.9 Å². The van der Waals surface area contributed by atoms with Gasteiger partial charge < -0.3 is 15.3 Å². The van der Waals surface area contributed by atoms with Crippen molar-refractivity contribution in [1.29, 1.82) is 0 Å². The molecule has 0 unspecified atom stereocenters. The molecule has 2 aromatic carbocycles. The summed E-state index contributed by atoms with van der Waals surface area (Å²) in [6.07, 6.45) is 1.95. The number of anilines is 2. The van der Waals surface area contributed by atoms with Crippen molar-refractivity contribution in [2.45, 2.75) is 12.8 Å². The van der Waals surface area contributed by atoms with Crippen molar-refractivity contribution >= 4 is 40.5 Å². The molecular weight excluding hydrogens is 374 g/mol. The predicted octanol–water partition coefficient (Wildman–Crippen LogP) is 3.80. The monoisotopic (exact) mass is 389 g/mol. The summed E-state index contributed by atoms with van der Waals surface area (Å²) in [5.41, 5.74) is 0.631. The number of nitrogens with one attached hydrogen (secondary N) is 1. The van der Waals surface area contributed by atoms with Crippen LogP contribution in [-0.4, -0.2) is 35.0 Å². The fourth-order valence-electron chi connectivity index (χ4n) is 3.00. The van der Waals surface area contributed by atoms with Gasteiger partial charge in [-0.15, -0.1) is 0 Å². The average molecular weight is 390 g/mol. The Bertz CT molecular complexity index is 925. The van der Waals surface area contributed by atoms with Crippen molar-refractivity contribution in [3.8, 4) is 0 Å². The first-order valence-electron chi connectivity index (χ1n) is 8.24. The Balaban J connectivity index is 1.98. The molecule has 1 saturated heterocycles. The van der Waals surface area contributed by atoms with E-state index in [-0.39, 0.29) is 27.5 Å². The largest absolute Gasteiger partial charge is 0.478 e. The summed E-state index contributed by atoms with van der Waals surface area (Å²) in [7, 11) is 0. The molecule has 0 atom stereocenters. The van der Waals surface area contributed by atoms with Crippen LogP contribution < -0.4 is 10.2 Å². The van der Waals surface area contributed by atoms with E-state index in [0.29, 0.717) is 5.69 Å². The molecule has 0 bridgehead atoms. The molecule has 2 N–H and O–H groups in total. The SMILES string of the molecule is O=C(O)c1ccc(Cl)c(NC(=O)c2cc([N+](=O)[O-])ccc2N2CCCC2)c1. The van der Waals surface area contributed by atoms with Gasteiger partial charge in [-0.2, -0.15) is 0 Å². The second-order valence-corrected chi connectivity index (χ2v) is 6.51. The third-order valence-corrected chi connectivity index (χ3v) is 4.67. The second-order valence-electron chi connectivity index (χ2n) is 6.11. The Kier molecular flexibility index (Phi) is 5.27. The molecule has 1 fully saturated rings. The Morgan fingerprint density at radius 1 is 1.15 bits per heavy atom. The van der Waals surface area contributed by atoms with Crippen LogP contribution in [0.15, 0.2) is 36.4 Å². The van der Waals surface area contributed by atoms with E-state index in [1.165, 1.54) is 30.3 Å². The van der Waals surface area contributed by atoms with Gasteiger partial charge in [0.2, 0.25) is 0 Å². The number of rotatable bonds is 5. The van der Waals surface area contributed by atoms with Crippen LogP contribution in [0.2, 0.25) is 5.02 Å². The summed E-state index contributed by atoms with van der Waals surface area (Å²) in [6.45, 7) is 1.51. The number of carboxylic acids is 1. The maximum absolute atomic E-state index is 12.8. The van der Waals surface area contributed by atoms with Crippen LogP contribution >= 0.6 is 11.6 Å². The molecule has 140 valence electrons. The number of hydrogen-bond donors (Lipinski definition) is 2. The van der Waals surface area contributed by atoms with Crippen LogP contribution in [0.3, 0.4) is 0 Å². The molecule has 1 aliphatic heterocycles. The molecular formula is C18H16ClN3O5. The van der Waals surface area contributed by atoms with Crippen molar-refractivity contribution in [1.82, 2.24) is 0 Å². The highest BCUT2D eigenvalue weighted by atomic mass is 35.5. The van der Waals surface area contributed by atoms with E-state index in [9.17, 15) is 19.7 Å². The Hall–Kier alpha value is -3.13. The molecule has 1 aliphatic rings. The van der Waals surface area contributed by atoms with Crippen LogP contribution in [-0.2, 0) is 0 Å². The predicted molar refractivity (Wildman–Crippen MR) is 101 cm³/mol. The van der Waals surface area contributed by atoms with Crippen molar-refractivity contribution in [3.63, 3.8) is 0 Å². The van der Waals surface area contributed by atoms with Crippen LogP contribution in [0.25, 0.3) is 0 Å². The van der Waals surface area contributed by atoms with Gasteiger partial charge in [-0.1, -0.05) is 11.6 Å². The fraction of sp³-hybridized carbons (Fsp3) is 0.222. The molecule has 0 saturated carbocycles. The highest BCUT2D eigenvalue weighted by Crippen LogP contribution is 2.30.